The first-order chi connectivity index (χ1) is 11.0. The minimum Gasteiger partial charge on any atom is -0.489 e. The zero-order valence-electron chi connectivity index (χ0n) is 13.6. The zero-order chi connectivity index (χ0) is 16.7. The van der Waals surface area contributed by atoms with Crippen molar-refractivity contribution in [2.45, 2.75) is 33.4 Å². The van der Waals surface area contributed by atoms with Crippen LogP contribution in [0.15, 0.2) is 46.9 Å². The molecule has 2 nitrogen and oxygen atoms in total. The highest BCUT2D eigenvalue weighted by atomic mass is 79.9. The van der Waals surface area contributed by atoms with Crippen LogP contribution in [-0.2, 0) is 13.2 Å². The fourth-order valence-corrected chi connectivity index (χ4v) is 2.85. The molecule has 0 bridgehead atoms. The van der Waals surface area contributed by atoms with Crippen LogP contribution in [0.1, 0.15) is 31.4 Å². The summed E-state index contributed by atoms with van der Waals surface area (Å²) in [7, 11) is 0. The first kappa shape index (κ1) is 18.3. The molecule has 0 heterocycles. The van der Waals surface area contributed by atoms with Gasteiger partial charge in [0.15, 0.2) is 0 Å². The largest absolute Gasteiger partial charge is 0.489 e. The Bertz CT molecular complexity index is 631. The Hall–Kier alpha value is -1.03. The number of hydrogen-bond donors (Lipinski definition) is 1. The van der Waals surface area contributed by atoms with Crippen molar-refractivity contribution < 1.29 is 4.74 Å². The lowest BCUT2D eigenvalue weighted by molar-refractivity contribution is 0.302. The van der Waals surface area contributed by atoms with E-state index in [1.54, 1.807) is 0 Å². The molecule has 0 amide bonds. The van der Waals surface area contributed by atoms with Crippen molar-refractivity contribution in [3.8, 4) is 5.75 Å². The Morgan fingerprint density at radius 3 is 2.74 bits per heavy atom. The normalized spacial score (nSPS) is 11.0. The van der Waals surface area contributed by atoms with Crippen LogP contribution in [0.2, 0.25) is 5.02 Å². The topological polar surface area (TPSA) is 21.3 Å². The van der Waals surface area contributed by atoms with Gasteiger partial charge >= 0.3 is 0 Å². The molecule has 0 unspecified atom stereocenters. The second kappa shape index (κ2) is 9.31. The van der Waals surface area contributed by atoms with Crippen molar-refractivity contribution in [3.63, 3.8) is 0 Å². The average molecular weight is 397 g/mol. The summed E-state index contributed by atoms with van der Waals surface area (Å²) in [6.07, 6.45) is 1.17. The summed E-state index contributed by atoms with van der Waals surface area (Å²) in [4.78, 5) is 0. The van der Waals surface area contributed by atoms with Crippen LogP contribution in [0.25, 0.3) is 0 Å². The molecule has 0 aliphatic heterocycles. The van der Waals surface area contributed by atoms with Gasteiger partial charge in [0.2, 0.25) is 0 Å². The van der Waals surface area contributed by atoms with Crippen LogP contribution in [0.3, 0.4) is 0 Å². The zero-order valence-corrected chi connectivity index (χ0v) is 16.0. The van der Waals surface area contributed by atoms with Gasteiger partial charge in [0.1, 0.15) is 12.4 Å². The number of rotatable bonds is 8. The van der Waals surface area contributed by atoms with E-state index in [0.717, 1.165) is 39.5 Å². The Kier molecular flexibility index (Phi) is 7.41. The first-order valence-electron chi connectivity index (χ1n) is 7.91. The van der Waals surface area contributed by atoms with Gasteiger partial charge in [-0.2, -0.15) is 0 Å². The molecule has 0 aliphatic carbocycles. The van der Waals surface area contributed by atoms with Gasteiger partial charge in [-0.25, -0.2) is 0 Å². The van der Waals surface area contributed by atoms with E-state index >= 15 is 0 Å². The smallest absolute Gasteiger partial charge is 0.124 e. The highest BCUT2D eigenvalue weighted by molar-refractivity contribution is 9.10. The van der Waals surface area contributed by atoms with Crippen LogP contribution in [0, 0.1) is 5.92 Å². The molecular weight excluding hydrogens is 374 g/mol. The molecular formula is C19H23BrClNO. The highest BCUT2D eigenvalue weighted by Gasteiger charge is 2.06. The van der Waals surface area contributed by atoms with Crippen molar-refractivity contribution in [2.24, 2.45) is 5.92 Å². The standard InChI is InChI=1S/C19H23BrClNO/c1-14(2)8-9-22-12-16-11-17(20)6-7-19(16)23-13-15-4-3-5-18(21)10-15/h3-7,10-11,14,22H,8-9,12-13H2,1-2H3. The number of halogens is 2. The van der Waals surface area contributed by atoms with Gasteiger partial charge in [-0.1, -0.05) is 53.5 Å². The predicted octanol–water partition coefficient (Wildman–Crippen LogP) is 5.82. The molecule has 4 heteroatoms. The summed E-state index contributed by atoms with van der Waals surface area (Å²) in [5.74, 6) is 1.62. The van der Waals surface area contributed by atoms with Gasteiger partial charge in [-0.3, -0.25) is 0 Å². The SMILES string of the molecule is CC(C)CCNCc1cc(Br)ccc1OCc1cccc(Cl)c1. The van der Waals surface area contributed by atoms with E-state index in [-0.39, 0.29) is 0 Å². The van der Waals surface area contributed by atoms with Gasteiger partial charge in [-0.05, 0) is 54.8 Å². The summed E-state index contributed by atoms with van der Waals surface area (Å²) in [6.45, 7) is 6.80. The number of benzene rings is 2. The predicted molar refractivity (Wildman–Crippen MR) is 101 cm³/mol. The van der Waals surface area contributed by atoms with Crippen molar-refractivity contribution in [2.75, 3.05) is 6.54 Å². The molecule has 0 aromatic heterocycles. The van der Waals surface area contributed by atoms with Gasteiger partial charge < -0.3 is 10.1 Å². The summed E-state index contributed by atoms with van der Waals surface area (Å²) in [5, 5.41) is 4.22. The van der Waals surface area contributed by atoms with E-state index in [4.69, 9.17) is 16.3 Å². The quantitative estimate of drug-likeness (QED) is 0.568. The van der Waals surface area contributed by atoms with E-state index in [1.807, 2.05) is 36.4 Å². The van der Waals surface area contributed by atoms with E-state index in [2.05, 4.69) is 41.2 Å². The number of ether oxygens (including phenoxy) is 1. The van der Waals surface area contributed by atoms with Gasteiger partial charge in [-0.15, -0.1) is 0 Å². The molecule has 2 rings (SSSR count). The molecule has 124 valence electrons. The van der Waals surface area contributed by atoms with Gasteiger partial charge in [0.25, 0.3) is 0 Å². The third kappa shape index (κ3) is 6.54. The molecule has 0 saturated heterocycles. The van der Waals surface area contributed by atoms with E-state index in [1.165, 1.54) is 6.42 Å². The van der Waals surface area contributed by atoms with E-state index in [0.29, 0.717) is 12.5 Å². The van der Waals surface area contributed by atoms with Crippen LogP contribution in [0.5, 0.6) is 5.75 Å². The van der Waals surface area contributed by atoms with Crippen LogP contribution < -0.4 is 10.1 Å². The minimum atomic E-state index is 0.515. The summed E-state index contributed by atoms with van der Waals surface area (Å²) >= 11 is 9.55. The second-order valence-electron chi connectivity index (χ2n) is 6.03. The fourth-order valence-electron chi connectivity index (χ4n) is 2.23. The molecule has 0 spiro atoms. The maximum absolute atomic E-state index is 6.02. The first-order valence-corrected chi connectivity index (χ1v) is 9.08. The lowest BCUT2D eigenvalue weighted by Crippen LogP contribution is -2.17. The molecule has 0 saturated carbocycles. The Labute approximate surface area is 152 Å². The van der Waals surface area contributed by atoms with Crippen LogP contribution in [-0.4, -0.2) is 6.54 Å². The molecule has 0 atom stereocenters. The van der Waals surface area contributed by atoms with E-state index in [9.17, 15) is 0 Å². The molecule has 0 fully saturated rings. The number of nitrogens with one attached hydrogen (secondary N) is 1. The van der Waals surface area contributed by atoms with Crippen molar-refractivity contribution in [3.05, 3.63) is 63.1 Å². The van der Waals surface area contributed by atoms with Crippen molar-refractivity contribution >= 4 is 27.5 Å². The fraction of sp³-hybridized carbons (Fsp3) is 0.368. The second-order valence-corrected chi connectivity index (χ2v) is 7.38. The summed E-state index contributed by atoms with van der Waals surface area (Å²) in [6, 6.07) is 13.9. The van der Waals surface area contributed by atoms with Gasteiger partial charge in [0, 0.05) is 21.6 Å². The Morgan fingerprint density at radius 1 is 1.17 bits per heavy atom. The Balaban J connectivity index is 1.97. The third-order valence-electron chi connectivity index (χ3n) is 3.52. The van der Waals surface area contributed by atoms with Crippen molar-refractivity contribution in [1.82, 2.24) is 5.32 Å². The molecule has 0 aliphatic rings. The van der Waals surface area contributed by atoms with Crippen LogP contribution in [0.4, 0.5) is 0 Å². The lowest BCUT2D eigenvalue weighted by Gasteiger charge is -2.13. The minimum absolute atomic E-state index is 0.515. The maximum atomic E-state index is 6.02. The molecule has 2 aromatic rings. The molecule has 1 N–H and O–H groups in total. The number of hydrogen-bond acceptors (Lipinski definition) is 2. The lowest BCUT2D eigenvalue weighted by atomic mass is 10.1. The Morgan fingerprint density at radius 2 is 2.00 bits per heavy atom. The van der Waals surface area contributed by atoms with Crippen molar-refractivity contribution in [1.29, 1.82) is 0 Å². The molecule has 2 aromatic carbocycles. The summed E-state index contributed by atoms with van der Waals surface area (Å²) < 4.78 is 7.06. The van der Waals surface area contributed by atoms with Crippen LogP contribution >= 0.6 is 27.5 Å². The van der Waals surface area contributed by atoms with Gasteiger partial charge in [0.05, 0.1) is 0 Å². The maximum Gasteiger partial charge on any atom is 0.124 e. The van der Waals surface area contributed by atoms with E-state index < -0.39 is 0 Å². The molecule has 0 radical (unpaired) electrons. The monoisotopic (exact) mass is 395 g/mol. The molecule has 23 heavy (non-hydrogen) atoms. The highest BCUT2D eigenvalue weighted by Crippen LogP contribution is 2.24. The third-order valence-corrected chi connectivity index (χ3v) is 4.25. The summed E-state index contributed by atoms with van der Waals surface area (Å²) in [5.41, 5.74) is 2.23. The average Bonchev–Trinajstić information content (AvgIpc) is 2.50.